The molecule has 0 aliphatic carbocycles. The number of carboxylic acid groups (broad SMARTS) is 1. The van der Waals surface area contributed by atoms with Crippen LogP contribution >= 0.6 is 0 Å². The van der Waals surface area contributed by atoms with E-state index in [9.17, 15) is 9.90 Å². The summed E-state index contributed by atoms with van der Waals surface area (Å²) in [5, 5.41) is 20.3. The molecule has 1 aromatic heterocycles. The second-order valence-electron chi connectivity index (χ2n) is 7.79. The number of benzene rings is 4. The molecular formula is C27H21N3O3. The van der Waals surface area contributed by atoms with Crippen LogP contribution in [-0.2, 0) is 6.54 Å². The highest BCUT2D eigenvalue weighted by Gasteiger charge is 2.17. The third-order valence-electron chi connectivity index (χ3n) is 5.71. The Hall–Kier alpha value is -4.58. The summed E-state index contributed by atoms with van der Waals surface area (Å²) in [7, 11) is 0. The van der Waals surface area contributed by atoms with Gasteiger partial charge in [-0.3, -0.25) is 5.41 Å². The van der Waals surface area contributed by atoms with E-state index in [0.29, 0.717) is 17.6 Å². The predicted octanol–water partition coefficient (Wildman–Crippen LogP) is 5.62. The van der Waals surface area contributed by atoms with Crippen LogP contribution in [0.4, 0.5) is 0 Å². The number of aromatic nitrogens is 1. The SMILES string of the molecule is N=C(N)c1ccc2cc(C(=O)O)n(Cc3ccc(Oc4ccccc4)c4ccccc34)c2c1. The van der Waals surface area contributed by atoms with Gasteiger partial charge < -0.3 is 20.1 Å². The fourth-order valence-corrected chi connectivity index (χ4v) is 4.12. The molecule has 4 N–H and O–H groups in total. The summed E-state index contributed by atoms with van der Waals surface area (Å²) in [6.07, 6.45) is 0. The van der Waals surface area contributed by atoms with E-state index in [0.717, 1.165) is 33.2 Å². The third kappa shape index (κ3) is 3.78. The maximum Gasteiger partial charge on any atom is 0.352 e. The molecule has 0 aliphatic rings. The number of fused-ring (bicyclic) bond motifs is 2. The minimum absolute atomic E-state index is 0.0608. The third-order valence-corrected chi connectivity index (χ3v) is 5.71. The van der Waals surface area contributed by atoms with Crippen LogP contribution in [0.15, 0.2) is 91.0 Å². The van der Waals surface area contributed by atoms with Crippen molar-refractivity contribution in [3.8, 4) is 11.5 Å². The van der Waals surface area contributed by atoms with Gasteiger partial charge in [0.2, 0.25) is 0 Å². The number of hydrogen-bond acceptors (Lipinski definition) is 3. The average Bonchev–Trinajstić information content (AvgIpc) is 3.19. The number of nitrogens with one attached hydrogen (secondary N) is 1. The van der Waals surface area contributed by atoms with Crippen molar-refractivity contribution in [2.45, 2.75) is 6.54 Å². The second-order valence-corrected chi connectivity index (χ2v) is 7.79. The van der Waals surface area contributed by atoms with Gasteiger partial charge in [-0.15, -0.1) is 0 Å². The maximum atomic E-state index is 12.0. The van der Waals surface area contributed by atoms with Gasteiger partial charge in [0.05, 0.1) is 0 Å². The number of nitrogens with zero attached hydrogens (tertiary/aromatic N) is 1. The first kappa shape index (κ1) is 20.3. The molecule has 0 saturated carbocycles. The zero-order valence-corrected chi connectivity index (χ0v) is 17.7. The van der Waals surface area contributed by atoms with Crippen molar-refractivity contribution in [1.29, 1.82) is 5.41 Å². The lowest BCUT2D eigenvalue weighted by Gasteiger charge is -2.15. The van der Waals surface area contributed by atoms with Crippen LogP contribution in [0.5, 0.6) is 11.5 Å². The van der Waals surface area contributed by atoms with Crippen molar-refractivity contribution < 1.29 is 14.6 Å². The molecule has 0 radical (unpaired) electrons. The zero-order chi connectivity index (χ0) is 22.9. The molecule has 33 heavy (non-hydrogen) atoms. The number of rotatable bonds is 6. The summed E-state index contributed by atoms with van der Waals surface area (Å²) in [5.41, 5.74) is 8.08. The van der Waals surface area contributed by atoms with Gasteiger partial charge >= 0.3 is 5.97 Å². The summed E-state index contributed by atoms with van der Waals surface area (Å²) in [6, 6.07) is 28.3. The first-order chi connectivity index (χ1) is 16.0. The quantitative estimate of drug-likeness (QED) is 0.238. The molecule has 0 unspecified atom stereocenters. The normalized spacial score (nSPS) is 11.0. The molecule has 1 heterocycles. The number of ether oxygens (including phenoxy) is 1. The van der Waals surface area contributed by atoms with E-state index < -0.39 is 5.97 Å². The molecule has 0 fully saturated rings. The highest BCUT2D eigenvalue weighted by atomic mass is 16.5. The molecule has 0 atom stereocenters. The highest BCUT2D eigenvalue weighted by Crippen LogP contribution is 2.33. The molecule has 5 rings (SSSR count). The molecule has 6 heteroatoms. The number of aromatic carboxylic acids is 1. The van der Waals surface area contributed by atoms with Gasteiger partial charge in [0, 0.05) is 28.4 Å². The lowest BCUT2D eigenvalue weighted by atomic mass is 10.0. The first-order valence-electron chi connectivity index (χ1n) is 10.5. The Labute approximate surface area is 190 Å². The van der Waals surface area contributed by atoms with Crippen molar-refractivity contribution in [2.24, 2.45) is 5.73 Å². The van der Waals surface area contributed by atoms with Crippen LogP contribution in [0.25, 0.3) is 21.7 Å². The zero-order valence-electron chi connectivity index (χ0n) is 17.7. The summed E-state index contributed by atoms with van der Waals surface area (Å²) >= 11 is 0. The molecule has 0 saturated heterocycles. The fourth-order valence-electron chi connectivity index (χ4n) is 4.12. The summed E-state index contributed by atoms with van der Waals surface area (Å²) in [4.78, 5) is 12.0. The Morgan fingerprint density at radius 1 is 0.909 bits per heavy atom. The standard InChI is InChI=1S/C27H21N3O3/c28-26(29)18-11-10-17-14-24(27(31)32)30(23(17)15-18)16-19-12-13-25(22-9-5-4-8-21(19)22)33-20-6-2-1-3-7-20/h1-15H,16H2,(H3,28,29)(H,31,32). The van der Waals surface area contributed by atoms with E-state index in [2.05, 4.69) is 0 Å². The largest absolute Gasteiger partial charge is 0.477 e. The van der Waals surface area contributed by atoms with Gasteiger partial charge in [-0.05, 0) is 41.3 Å². The molecule has 0 bridgehead atoms. The van der Waals surface area contributed by atoms with Crippen LogP contribution in [-0.4, -0.2) is 21.5 Å². The number of amidine groups is 1. The lowest BCUT2D eigenvalue weighted by Crippen LogP contribution is -2.12. The van der Waals surface area contributed by atoms with Crippen molar-refractivity contribution in [2.75, 3.05) is 0 Å². The van der Waals surface area contributed by atoms with Gasteiger partial charge in [0.15, 0.2) is 0 Å². The molecule has 162 valence electrons. The molecule has 0 spiro atoms. The monoisotopic (exact) mass is 435 g/mol. The van der Waals surface area contributed by atoms with E-state index in [-0.39, 0.29) is 11.5 Å². The van der Waals surface area contributed by atoms with Gasteiger partial charge in [0.25, 0.3) is 0 Å². The Morgan fingerprint density at radius 3 is 2.36 bits per heavy atom. The summed E-state index contributed by atoms with van der Waals surface area (Å²) in [6.45, 7) is 0.346. The van der Waals surface area contributed by atoms with Gasteiger partial charge in [-0.25, -0.2) is 4.79 Å². The molecule has 0 amide bonds. The first-order valence-corrected chi connectivity index (χ1v) is 10.5. The van der Waals surface area contributed by atoms with Crippen LogP contribution in [0.2, 0.25) is 0 Å². The van der Waals surface area contributed by atoms with Gasteiger partial charge in [-0.1, -0.05) is 60.7 Å². The van der Waals surface area contributed by atoms with Crippen LogP contribution in [0.3, 0.4) is 0 Å². The Kier molecular flexibility index (Phi) is 5.03. The van der Waals surface area contributed by atoms with E-state index in [1.807, 2.05) is 66.7 Å². The Balaban J connectivity index is 1.63. The number of nitrogens with two attached hydrogens (primary N) is 1. The topological polar surface area (TPSA) is 101 Å². The number of nitrogen functional groups attached to an aromatic ring is 1. The predicted molar refractivity (Wildman–Crippen MR) is 129 cm³/mol. The van der Waals surface area contributed by atoms with E-state index >= 15 is 0 Å². The van der Waals surface area contributed by atoms with Crippen molar-refractivity contribution in [3.05, 3.63) is 108 Å². The minimum atomic E-state index is -1.01. The van der Waals surface area contributed by atoms with Crippen LogP contribution in [0.1, 0.15) is 21.6 Å². The number of para-hydroxylation sites is 1. The highest BCUT2D eigenvalue weighted by molar-refractivity contribution is 6.01. The molecule has 0 aliphatic heterocycles. The number of carboxylic acids is 1. The second kappa shape index (κ2) is 8.16. The van der Waals surface area contributed by atoms with Gasteiger partial charge in [-0.2, -0.15) is 0 Å². The number of carbonyl (C=O) groups is 1. The van der Waals surface area contributed by atoms with Crippen molar-refractivity contribution >= 4 is 33.5 Å². The van der Waals surface area contributed by atoms with Crippen LogP contribution < -0.4 is 10.5 Å². The van der Waals surface area contributed by atoms with E-state index in [1.165, 1.54) is 0 Å². The van der Waals surface area contributed by atoms with E-state index in [1.54, 1.807) is 28.8 Å². The summed E-state index contributed by atoms with van der Waals surface area (Å²) in [5.74, 6) is 0.408. The molecule has 4 aromatic carbocycles. The van der Waals surface area contributed by atoms with Crippen LogP contribution in [0, 0.1) is 5.41 Å². The Bertz CT molecular complexity index is 1520. The fraction of sp³-hybridized carbons (Fsp3) is 0.0370. The lowest BCUT2D eigenvalue weighted by molar-refractivity contribution is 0.0686. The molecular weight excluding hydrogens is 414 g/mol. The van der Waals surface area contributed by atoms with Crippen molar-refractivity contribution in [3.63, 3.8) is 0 Å². The number of hydrogen-bond donors (Lipinski definition) is 3. The Morgan fingerprint density at radius 2 is 1.64 bits per heavy atom. The summed E-state index contributed by atoms with van der Waals surface area (Å²) < 4.78 is 7.87. The minimum Gasteiger partial charge on any atom is -0.477 e. The van der Waals surface area contributed by atoms with Gasteiger partial charge in [0.1, 0.15) is 23.0 Å². The van der Waals surface area contributed by atoms with E-state index in [4.69, 9.17) is 15.9 Å². The molecule has 5 aromatic rings. The van der Waals surface area contributed by atoms with Crippen molar-refractivity contribution in [1.82, 2.24) is 4.57 Å². The maximum absolute atomic E-state index is 12.0. The molecule has 6 nitrogen and oxygen atoms in total. The smallest absolute Gasteiger partial charge is 0.352 e. The average molecular weight is 435 g/mol.